The minimum Gasteiger partial charge on any atom is -0.469 e. The molecule has 2 heterocycles. The first-order valence-corrected chi connectivity index (χ1v) is 9.32. The van der Waals surface area contributed by atoms with Crippen LogP contribution in [0, 0.1) is 13.8 Å². The molecule has 0 spiro atoms. The molecule has 1 aromatic heterocycles. The van der Waals surface area contributed by atoms with Gasteiger partial charge in [0.1, 0.15) is 5.76 Å². The molecule has 1 aliphatic rings. The summed E-state index contributed by atoms with van der Waals surface area (Å²) >= 11 is 6.07. The zero-order valence-corrected chi connectivity index (χ0v) is 15.5. The number of carbonyl (C=O) groups excluding carboxylic acids is 1. The molecule has 3 rings (SSSR count). The van der Waals surface area contributed by atoms with E-state index in [0.29, 0.717) is 34.0 Å². The molecule has 26 heavy (non-hydrogen) atoms. The van der Waals surface area contributed by atoms with Crippen LogP contribution in [0.2, 0.25) is 5.02 Å². The van der Waals surface area contributed by atoms with Gasteiger partial charge in [-0.3, -0.25) is 14.2 Å². The number of fused-ring (bicyclic) bond motifs is 1. The monoisotopic (exact) mass is 398 g/mol. The number of hydrogen-bond donors (Lipinski definition) is 1. The number of amides is 1. The lowest BCUT2D eigenvalue weighted by molar-refractivity contribution is 0.0998. The average Bonchev–Trinajstić information content (AvgIpc) is 2.89. The summed E-state index contributed by atoms with van der Waals surface area (Å²) in [6, 6.07) is 5.07. The van der Waals surface area contributed by atoms with Crippen molar-refractivity contribution in [2.24, 2.45) is 5.16 Å². The maximum atomic E-state index is 13.2. The highest BCUT2D eigenvalue weighted by molar-refractivity contribution is 7.80. The normalized spacial score (nSPS) is 15.8. The molecule has 1 N–H and O–H groups in total. The van der Waals surface area contributed by atoms with E-state index in [1.54, 1.807) is 32.0 Å². The Bertz CT molecular complexity index is 992. The first-order chi connectivity index (χ1) is 12.2. The van der Waals surface area contributed by atoms with Crippen molar-refractivity contribution in [1.82, 2.24) is 0 Å². The van der Waals surface area contributed by atoms with Crippen LogP contribution in [0.3, 0.4) is 0 Å². The number of nitrogens with zero attached hydrogens (tertiary/aromatic N) is 2. The van der Waals surface area contributed by atoms with E-state index in [1.807, 2.05) is 0 Å². The summed E-state index contributed by atoms with van der Waals surface area (Å²) in [7, 11) is -4.80. The van der Waals surface area contributed by atoms with Crippen molar-refractivity contribution in [2.75, 3.05) is 4.90 Å². The lowest BCUT2D eigenvalue weighted by Crippen LogP contribution is -2.41. The number of aryl methyl sites for hydroxylation is 3. The third kappa shape index (κ3) is 3.59. The number of carbonyl (C=O) groups is 1. The molecule has 8 nitrogen and oxygen atoms in total. The Morgan fingerprint density at radius 3 is 2.69 bits per heavy atom. The van der Waals surface area contributed by atoms with Crippen molar-refractivity contribution < 1.29 is 26.5 Å². The first-order valence-electron chi connectivity index (χ1n) is 7.58. The smallest absolute Gasteiger partial charge is 0.466 e. The van der Waals surface area contributed by atoms with Gasteiger partial charge in [-0.25, -0.2) is 4.28 Å². The van der Waals surface area contributed by atoms with Gasteiger partial charge in [-0.2, -0.15) is 8.42 Å². The number of rotatable bonds is 3. The van der Waals surface area contributed by atoms with E-state index in [0.717, 1.165) is 5.56 Å². The zero-order chi connectivity index (χ0) is 19.1. The quantitative estimate of drug-likeness (QED) is 0.627. The lowest BCUT2D eigenvalue weighted by atomic mass is 9.99. The molecular weight excluding hydrogens is 384 g/mol. The maximum absolute atomic E-state index is 13.2. The van der Waals surface area contributed by atoms with Crippen LogP contribution in [-0.4, -0.2) is 24.7 Å². The van der Waals surface area contributed by atoms with Crippen LogP contribution in [0.1, 0.15) is 33.7 Å². The second-order valence-corrected chi connectivity index (χ2v) is 7.21. The molecule has 1 aromatic carbocycles. The van der Waals surface area contributed by atoms with Crippen molar-refractivity contribution >= 4 is 39.4 Å². The predicted octanol–water partition coefficient (Wildman–Crippen LogP) is 3.28. The molecule has 0 saturated carbocycles. The summed E-state index contributed by atoms with van der Waals surface area (Å²) in [5.74, 6) is -0.0197. The number of furan rings is 1. The van der Waals surface area contributed by atoms with Crippen LogP contribution in [0.15, 0.2) is 34.0 Å². The number of halogens is 1. The summed E-state index contributed by atoms with van der Waals surface area (Å²) < 4.78 is 40.0. The van der Waals surface area contributed by atoms with Crippen LogP contribution in [0.4, 0.5) is 5.69 Å². The molecule has 1 aliphatic heterocycles. The van der Waals surface area contributed by atoms with Crippen molar-refractivity contribution in [3.8, 4) is 0 Å². The van der Waals surface area contributed by atoms with Gasteiger partial charge in [0.05, 0.1) is 17.5 Å². The minimum absolute atomic E-state index is 0.0300. The number of hydrogen-bond acceptors (Lipinski definition) is 6. The van der Waals surface area contributed by atoms with Crippen LogP contribution in [-0.2, 0) is 21.1 Å². The number of benzene rings is 1. The van der Waals surface area contributed by atoms with Gasteiger partial charge in [0, 0.05) is 17.0 Å². The molecule has 0 bridgehead atoms. The summed E-state index contributed by atoms with van der Waals surface area (Å²) in [4.78, 5) is 14.4. The van der Waals surface area contributed by atoms with Crippen molar-refractivity contribution in [2.45, 2.75) is 26.7 Å². The van der Waals surface area contributed by atoms with Gasteiger partial charge in [-0.1, -0.05) is 17.7 Å². The first kappa shape index (κ1) is 18.4. The molecule has 0 radical (unpaired) electrons. The fourth-order valence-corrected chi connectivity index (χ4v) is 3.21. The highest BCUT2D eigenvalue weighted by atomic mass is 35.5. The number of anilines is 1. The van der Waals surface area contributed by atoms with Crippen LogP contribution in [0.25, 0.3) is 0 Å². The van der Waals surface area contributed by atoms with Gasteiger partial charge < -0.3 is 4.42 Å². The van der Waals surface area contributed by atoms with Crippen molar-refractivity contribution in [3.63, 3.8) is 0 Å². The van der Waals surface area contributed by atoms with Crippen LogP contribution < -0.4 is 4.90 Å². The lowest BCUT2D eigenvalue weighted by Gasteiger charge is -2.30. The van der Waals surface area contributed by atoms with E-state index in [9.17, 15) is 13.2 Å². The number of amidine groups is 1. The highest BCUT2D eigenvalue weighted by Crippen LogP contribution is 2.33. The van der Waals surface area contributed by atoms with E-state index < -0.39 is 16.3 Å². The van der Waals surface area contributed by atoms with Crippen molar-refractivity contribution in [3.05, 3.63) is 51.9 Å². The molecule has 0 atom stereocenters. The van der Waals surface area contributed by atoms with Gasteiger partial charge in [0.15, 0.2) is 5.84 Å². The van der Waals surface area contributed by atoms with Gasteiger partial charge >= 0.3 is 10.4 Å². The molecule has 0 aliphatic carbocycles. The molecule has 0 fully saturated rings. The number of oxime groups is 1. The van der Waals surface area contributed by atoms with Gasteiger partial charge in [-0.15, -0.1) is 0 Å². The SMILES string of the molecule is Cc1coc(C)c1C(=O)N1/C(=N\OS(=O)(=O)O)CCc2ccc(Cl)cc21. The Hall–Kier alpha value is -2.36. The Labute approximate surface area is 154 Å². The Morgan fingerprint density at radius 1 is 1.35 bits per heavy atom. The third-order valence-electron chi connectivity index (χ3n) is 3.98. The Morgan fingerprint density at radius 2 is 2.08 bits per heavy atom. The molecule has 0 unspecified atom stereocenters. The summed E-state index contributed by atoms with van der Waals surface area (Å²) in [5, 5.41) is 3.87. The van der Waals surface area contributed by atoms with E-state index >= 15 is 0 Å². The molecule has 1 amide bonds. The second-order valence-electron chi connectivity index (χ2n) is 5.77. The van der Waals surface area contributed by atoms with E-state index in [1.165, 1.54) is 11.2 Å². The molecular formula is C16H15ClN2O6S. The van der Waals surface area contributed by atoms with E-state index in [-0.39, 0.29) is 12.3 Å². The Kier molecular flexibility index (Phi) is 4.78. The van der Waals surface area contributed by atoms with Gasteiger partial charge in [0.25, 0.3) is 5.91 Å². The molecule has 2 aromatic rings. The fraction of sp³-hybridized carbons (Fsp3) is 0.250. The molecule has 0 saturated heterocycles. The third-order valence-corrected chi connectivity index (χ3v) is 4.47. The van der Waals surface area contributed by atoms with Crippen LogP contribution >= 0.6 is 11.6 Å². The van der Waals surface area contributed by atoms with Crippen LogP contribution in [0.5, 0.6) is 0 Å². The molecule has 10 heteroatoms. The summed E-state index contributed by atoms with van der Waals surface area (Å²) in [6.45, 7) is 3.37. The fourth-order valence-electron chi connectivity index (χ4n) is 2.86. The summed E-state index contributed by atoms with van der Waals surface area (Å²) in [6.07, 6.45) is 2.18. The molecule has 138 valence electrons. The summed E-state index contributed by atoms with van der Waals surface area (Å²) in [5.41, 5.74) is 2.26. The largest absolute Gasteiger partial charge is 0.469 e. The Balaban J connectivity index is 2.14. The van der Waals surface area contributed by atoms with E-state index in [4.69, 9.17) is 20.6 Å². The predicted molar refractivity (Wildman–Crippen MR) is 94.8 cm³/mol. The average molecular weight is 399 g/mol. The second kappa shape index (κ2) is 6.75. The zero-order valence-electron chi connectivity index (χ0n) is 13.9. The highest BCUT2D eigenvalue weighted by Gasteiger charge is 2.32. The van der Waals surface area contributed by atoms with Crippen molar-refractivity contribution in [1.29, 1.82) is 0 Å². The topological polar surface area (TPSA) is 109 Å². The maximum Gasteiger partial charge on any atom is 0.466 e. The van der Waals surface area contributed by atoms with Gasteiger partial charge in [0.2, 0.25) is 0 Å². The van der Waals surface area contributed by atoms with E-state index in [2.05, 4.69) is 9.44 Å². The standard InChI is InChI=1S/C16H15ClN2O6S/c1-9-8-24-10(2)15(9)16(20)19-13-7-12(17)5-3-11(13)4-6-14(19)18-25-26(21,22)23/h3,5,7-8H,4,6H2,1-2H3,(H,21,22,23)/b18-14-. The van der Waals surface area contributed by atoms with Gasteiger partial charge in [-0.05, 0) is 43.1 Å². The minimum atomic E-state index is -4.80.